The van der Waals surface area contributed by atoms with E-state index < -0.39 is 0 Å². The van der Waals surface area contributed by atoms with E-state index in [1.807, 2.05) is 32.0 Å². The predicted octanol–water partition coefficient (Wildman–Crippen LogP) is 3.99. The normalized spacial score (nSPS) is 10.9. The highest BCUT2D eigenvalue weighted by Gasteiger charge is 2.19. The van der Waals surface area contributed by atoms with Crippen molar-refractivity contribution in [3.63, 3.8) is 0 Å². The number of furan rings is 1. The smallest absolute Gasteiger partial charge is 0.228 e. The highest BCUT2D eigenvalue weighted by Crippen LogP contribution is 2.28. The fraction of sp³-hybridized carbons (Fsp3) is 0.118. The Kier molecular flexibility index (Phi) is 2.83. The molecule has 3 nitrogen and oxygen atoms in total. The maximum absolute atomic E-state index is 12.5. The first-order chi connectivity index (χ1) is 9.56. The molecule has 0 aliphatic heterocycles. The number of hydrogen-bond acceptors (Lipinski definition) is 3. The summed E-state index contributed by atoms with van der Waals surface area (Å²) in [5.74, 6) is 0.325. The molecule has 0 aliphatic rings. The van der Waals surface area contributed by atoms with Gasteiger partial charge < -0.3 is 9.52 Å². The molecule has 0 atom stereocenters. The van der Waals surface area contributed by atoms with E-state index in [2.05, 4.69) is 0 Å². The Morgan fingerprint density at radius 3 is 2.45 bits per heavy atom. The van der Waals surface area contributed by atoms with E-state index in [1.165, 1.54) is 12.1 Å². The van der Waals surface area contributed by atoms with Crippen LogP contribution in [0.3, 0.4) is 0 Å². The van der Waals surface area contributed by atoms with E-state index in [0.29, 0.717) is 11.3 Å². The zero-order valence-corrected chi connectivity index (χ0v) is 11.3. The van der Waals surface area contributed by atoms with Gasteiger partial charge in [-0.15, -0.1) is 0 Å². The molecule has 1 aromatic heterocycles. The number of phenols is 1. The lowest BCUT2D eigenvalue weighted by molar-refractivity contribution is 0.101. The zero-order chi connectivity index (χ0) is 14.3. The number of aryl methyl sites for hydroxylation is 2. The maximum atomic E-state index is 12.5. The van der Waals surface area contributed by atoms with Gasteiger partial charge in [-0.05, 0) is 49.7 Å². The van der Waals surface area contributed by atoms with Crippen molar-refractivity contribution in [1.29, 1.82) is 0 Å². The van der Waals surface area contributed by atoms with E-state index in [0.717, 1.165) is 22.1 Å². The van der Waals surface area contributed by atoms with E-state index in [4.69, 9.17) is 4.42 Å². The van der Waals surface area contributed by atoms with Crippen LogP contribution in [0, 0.1) is 13.8 Å². The first-order valence-electron chi connectivity index (χ1n) is 6.40. The largest absolute Gasteiger partial charge is 0.508 e. The molecule has 0 amide bonds. The van der Waals surface area contributed by atoms with Crippen LogP contribution in [0.4, 0.5) is 0 Å². The van der Waals surface area contributed by atoms with Crippen molar-refractivity contribution in [2.75, 3.05) is 0 Å². The Balaban J connectivity index is 2.12. The van der Waals surface area contributed by atoms with Crippen molar-refractivity contribution in [2.45, 2.75) is 13.8 Å². The molecule has 0 radical (unpaired) electrons. The molecule has 0 fully saturated rings. The Bertz CT molecular complexity index is 795. The van der Waals surface area contributed by atoms with Crippen LogP contribution in [0.15, 0.2) is 46.9 Å². The van der Waals surface area contributed by atoms with E-state index >= 15 is 0 Å². The molecule has 20 heavy (non-hydrogen) atoms. The summed E-state index contributed by atoms with van der Waals surface area (Å²) in [6, 6.07) is 12.1. The minimum atomic E-state index is -0.170. The average Bonchev–Trinajstić information content (AvgIpc) is 2.75. The van der Waals surface area contributed by atoms with Crippen molar-refractivity contribution < 1.29 is 14.3 Å². The van der Waals surface area contributed by atoms with Crippen LogP contribution in [-0.4, -0.2) is 10.9 Å². The fourth-order valence-corrected chi connectivity index (χ4v) is 2.29. The molecule has 0 aliphatic carbocycles. The first-order valence-corrected chi connectivity index (χ1v) is 6.40. The molecular formula is C17H14O3. The summed E-state index contributed by atoms with van der Waals surface area (Å²) < 4.78 is 5.71. The monoisotopic (exact) mass is 266 g/mol. The quantitative estimate of drug-likeness (QED) is 0.713. The van der Waals surface area contributed by atoms with E-state index in [1.54, 1.807) is 12.1 Å². The van der Waals surface area contributed by atoms with Gasteiger partial charge in [-0.2, -0.15) is 0 Å². The van der Waals surface area contributed by atoms with Gasteiger partial charge in [0.2, 0.25) is 5.78 Å². The van der Waals surface area contributed by atoms with Crippen LogP contribution < -0.4 is 0 Å². The number of aromatic hydroxyl groups is 1. The molecular weight excluding hydrogens is 252 g/mol. The summed E-state index contributed by atoms with van der Waals surface area (Å²) in [4.78, 5) is 12.5. The van der Waals surface area contributed by atoms with Gasteiger partial charge in [0.25, 0.3) is 0 Å². The van der Waals surface area contributed by atoms with Crippen LogP contribution in [0.2, 0.25) is 0 Å². The molecule has 3 heteroatoms. The third-order valence-corrected chi connectivity index (χ3v) is 3.43. The summed E-state index contributed by atoms with van der Waals surface area (Å²) in [6.07, 6.45) is 0. The number of hydrogen-bond donors (Lipinski definition) is 1. The Labute approximate surface area is 116 Å². The number of rotatable bonds is 2. The van der Waals surface area contributed by atoms with Gasteiger partial charge in [0, 0.05) is 16.5 Å². The molecule has 2 aromatic carbocycles. The minimum Gasteiger partial charge on any atom is -0.508 e. The van der Waals surface area contributed by atoms with Crippen LogP contribution >= 0.6 is 0 Å². The summed E-state index contributed by atoms with van der Waals surface area (Å²) in [5, 5.41) is 10.2. The average molecular weight is 266 g/mol. The highest BCUT2D eigenvalue weighted by atomic mass is 16.3. The lowest BCUT2D eigenvalue weighted by Gasteiger charge is -1.99. The Hall–Kier alpha value is -2.55. The third kappa shape index (κ3) is 1.97. The van der Waals surface area contributed by atoms with Crippen LogP contribution in [-0.2, 0) is 0 Å². The SMILES string of the molecule is Cc1ccc2c(C)c(C(=O)c3ccc(O)cc3)oc2c1. The minimum absolute atomic E-state index is 0.138. The molecule has 0 saturated carbocycles. The van der Waals surface area contributed by atoms with Crippen molar-refractivity contribution in [3.05, 3.63) is 64.9 Å². The molecule has 0 spiro atoms. The highest BCUT2D eigenvalue weighted by molar-refractivity contribution is 6.10. The van der Waals surface area contributed by atoms with Gasteiger partial charge in [0.1, 0.15) is 11.3 Å². The Morgan fingerprint density at radius 1 is 1.05 bits per heavy atom. The topological polar surface area (TPSA) is 50.4 Å². The number of ketones is 1. The third-order valence-electron chi connectivity index (χ3n) is 3.43. The van der Waals surface area contributed by atoms with Gasteiger partial charge >= 0.3 is 0 Å². The number of fused-ring (bicyclic) bond motifs is 1. The molecule has 1 heterocycles. The first kappa shape index (κ1) is 12.5. The molecule has 0 saturated heterocycles. The second kappa shape index (κ2) is 4.53. The standard InChI is InChI=1S/C17H14O3/c1-10-3-8-14-11(2)17(20-15(14)9-10)16(19)12-4-6-13(18)7-5-12/h3-9,18H,1-2H3. The van der Waals surface area contributed by atoms with Crippen LogP contribution in [0.5, 0.6) is 5.75 Å². The van der Waals surface area contributed by atoms with Gasteiger partial charge in [0.05, 0.1) is 0 Å². The van der Waals surface area contributed by atoms with Crippen LogP contribution in [0.25, 0.3) is 11.0 Å². The van der Waals surface area contributed by atoms with Crippen molar-refractivity contribution >= 4 is 16.8 Å². The predicted molar refractivity (Wildman–Crippen MR) is 77.2 cm³/mol. The van der Waals surface area contributed by atoms with Crippen molar-refractivity contribution in [3.8, 4) is 5.75 Å². The van der Waals surface area contributed by atoms with Gasteiger partial charge in [-0.25, -0.2) is 0 Å². The Morgan fingerprint density at radius 2 is 1.75 bits per heavy atom. The van der Waals surface area contributed by atoms with E-state index in [-0.39, 0.29) is 11.5 Å². The zero-order valence-electron chi connectivity index (χ0n) is 11.3. The van der Waals surface area contributed by atoms with Gasteiger partial charge in [0.15, 0.2) is 5.76 Å². The van der Waals surface area contributed by atoms with Gasteiger partial charge in [-0.3, -0.25) is 4.79 Å². The van der Waals surface area contributed by atoms with Crippen molar-refractivity contribution in [2.24, 2.45) is 0 Å². The summed E-state index contributed by atoms with van der Waals surface area (Å²) in [5.41, 5.74) is 3.17. The molecule has 0 unspecified atom stereocenters. The number of carbonyl (C=O) groups excluding carboxylic acids is 1. The number of benzene rings is 2. The maximum Gasteiger partial charge on any atom is 0.228 e. The molecule has 3 aromatic rings. The number of phenolic OH excluding ortho intramolecular Hbond substituents is 1. The number of carbonyl (C=O) groups is 1. The summed E-state index contributed by atoms with van der Waals surface area (Å²) in [7, 11) is 0. The lowest BCUT2D eigenvalue weighted by Crippen LogP contribution is -2.00. The summed E-state index contributed by atoms with van der Waals surface area (Å²) >= 11 is 0. The van der Waals surface area contributed by atoms with E-state index in [9.17, 15) is 9.90 Å². The lowest BCUT2D eigenvalue weighted by atomic mass is 10.0. The molecule has 3 rings (SSSR count). The van der Waals surface area contributed by atoms with Crippen molar-refractivity contribution in [1.82, 2.24) is 0 Å². The molecule has 100 valence electrons. The molecule has 0 bridgehead atoms. The fourth-order valence-electron chi connectivity index (χ4n) is 2.29. The molecule has 1 N–H and O–H groups in total. The second-order valence-corrected chi connectivity index (χ2v) is 4.93. The second-order valence-electron chi connectivity index (χ2n) is 4.93. The van der Waals surface area contributed by atoms with Crippen LogP contribution in [0.1, 0.15) is 27.2 Å². The summed E-state index contributed by atoms with van der Waals surface area (Å²) in [6.45, 7) is 3.87. The van der Waals surface area contributed by atoms with Gasteiger partial charge in [-0.1, -0.05) is 12.1 Å².